The van der Waals surface area contributed by atoms with Crippen LogP contribution in [0.1, 0.15) is 44.0 Å². The average Bonchev–Trinajstić information content (AvgIpc) is 2.85. The van der Waals surface area contributed by atoms with Gasteiger partial charge >= 0.3 is 0 Å². The molecule has 1 aliphatic heterocycles. The predicted octanol–water partition coefficient (Wildman–Crippen LogP) is 3.46. The van der Waals surface area contributed by atoms with Crippen molar-refractivity contribution in [2.75, 3.05) is 13.2 Å². The van der Waals surface area contributed by atoms with Crippen LogP contribution in [0.2, 0.25) is 0 Å². The number of imidazole rings is 1. The van der Waals surface area contributed by atoms with Crippen LogP contribution in [-0.4, -0.2) is 22.8 Å². The SMILES string of the molecule is CC(C)Cn1c(C2CCOCC2)nc2cc(C#N)ccc21. The summed E-state index contributed by atoms with van der Waals surface area (Å²) in [6, 6.07) is 8.01. The van der Waals surface area contributed by atoms with E-state index in [2.05, 4.69) is 24.5 Å². The number of nitriles is 1. The van der Waals surface area contributed by atoms with Crippen molar-refractivity contribution >= 4 is 11.0 Å². The summed E-state index contributed by atoms with van der Waals surface area (Å²) in [4.78, 5) is 4.85. The van der Waals surface area contributed by atoms with Crippen LogP contribution in [-0.2, 0) is 11.3 Å². The smallest absolute Gasteiger partial charge is 0.113 e. The lowest BCUT2D eigenvalue weighted by molar-refractivity contribution is 0.0828. The maximum Gasteiger partial charge on any atom is 0.113 e. The van der Waals surface area contributed by atoms with E-state index in [-0.39, 0.29) is 0 Å². The second kappa shape index (κ2) is 5.87. The Morgan fingerprint density at radius 2 is 2.14 bits per heavy atom. The minimum atomic E-state index is 0.468. The Morgan fingerprint density at radius 3 is 2.81 bits per heavy atom. The molecule has 4 nitrogen and oxygen atoms in total. The average molecular weight is 283 g/mol. The molecule has 0 aliphatic carbocycles. The van der Waals surface area contributed by atoms with Crippen molar-refractivity contribution in [3.8, 4) is 6.07 Å². The van der Waals surface area contributed by atoms with Crippen LogP contribution in [0.5, 0.6) is 0 Å². The summed E-state index contributed by atoms with van der Waals surface area (Å²) >= 11 is 0. The molecule has 0 saturated carbocycles. The zero-order chi connectivity index (χ0) is 14.8. The van der Waals surface area contributed by atoms with Crippen LogP contribution in [0, 0.1) is 17.2 Å². The first-order chi connectivity index (χ1) is 10.2. The normalized spacial score (nSPS) is 16.5. The highest BCUT2D eigenvalue weighted by molar-refractivity contribution is 5.78. The Morgan fingerprint density at radius 1 is 1.38 bits per heavy atom. The van der Waals surface area contributed by atoms with Gasteiger partial charge < -0.3 is 9.30 Å². The zero-order valence-corrected chi connectivity index (χ0v) is 12.7. The Kier molecular flexibility index (Phi) is 3.94. The lowest BCUT2D eigenvalue weighted by Crippen LogP contribution is -2.19. The summed E-state index contributed by atoms with van der Waals surface area (Å²) in [5.41, 5.74) is 2.76. The Hall–Kier alpha value is -1.86. The number of rotatable bonds is 3. The van der Waals surface area contributed by atoms with Gasteiger partial charge in [0.05, 0.1) is 22.7 Å². The van der Waals surface area contributed by atoms with Gasteiger partial charge in [0.1, 0.15) is 5.82 Å². The lowest BCUT2D eigenvalue weighted by atomic mass is 9.99. The number of hydrogen-bond donors (Lipinski definition) is 0. The fourth-order valence-corrected chi connectivity index (χ4v) is 3.04. The summed E-state index contributed by atoms with van der Waals surface area (Å²) in [6.45, 7) is 7.06. The zero-order valence-electron chi connectivity index (χ0n) is 12.7. The summed E-state index contributed by atoms with van der Waals surface area (Å²) in [5, 5.41) is 9.07. The summed E-state index contributed by atoms with van der Waals surface area (Å²) < 4.78 is 7.82. The van der Waals surface area contributed by atoms with Gasteiger partial charge in [0.2, 0.25) is 0 Å². The van der Waals surface area contributed by atoms with Gasteiger partial charge in [-0.25, -0.2) is 4.98 Å². The minimum Gasteiger partial charge on any atom is -0.381 e. The van der Waals surface area contributed by atoms with Crippen LogP contribution >= 0.6 is 0 Å². The molecule has 0 unspecified atom stereocenters. The molecule has 0 amide bonds. The van der Waals surface area contributed by atoms with Gasteiger partial charge in [-0.3, -0.25) is 0 Å². The second-order valence-electron chi connectivity index (χ2n) is 6.18. The van der Waals surface area contributed by atoms with E-state index < -0.39 is 0 Å². The molecule has 0 bridgehead atoms. The highest BCUT2D eigenvalue weighted by Gasteiger charge is 2.23. The summed E-state index contributed by atoms with van der Waals surface area (Å²) in [5.74, 6) is 2.20. The molecular weight excluding hydrogens is 262 g/mol. The largest absolute Gasteiger partial charge is 0.381 e. The quantitative estimate of drug-likeness (QED) is 0.866. The topological polar surface area (TPSA) is 50.8 Å². The highest BCUT2D eigenvalue weighted by Crippen LogP contribution is 2.30. The number of nitrogens with zero attached hydrogens (tertiary/aromatic N) is 3. The molecule has 0 N–H and O–H groups in total. The molecule has 0 atom stereocenters. The van der Waals surface area contributed by atoms with E-state index in [1.54, 1.807) is 0 Å². The molecule has 1 saturated heterocycles. The highest BCUT2D eigenvalue weighted by atomic mass is 16.5. The third-order valence-corrected chi connectivity index (χ3v) is 4.04. The van der Waals surface area contributed by atoms with Crippen molar-refractivity contribution in [2.24, 2.45) is 5.92 Å². The Bertz CT molecular complexity index is 675. The maximum absolute atomic E-state index is 9.07. The fourth-order valence-electron chi connectivity index (χ4n) is 3.04. The molecule has 0 spiro atoms. The molecule has 1 aromatic heterocycles. The molecule has 2 heterocycles. The predicted molar refractivity (Wildman–Crippen MR) is 82.1 cm³/mol. The van der Waals surface area contributed by atoms with E-state index in [0.717, 1.165) is 49.5 Å². The number of benzene rings is 1. The van der Waals surface area contributed by atoms with Crippen molar-refractivity contribution < 1.29 is 4.74 Å². The van der Waals surface area contributed by atoms with Crippen molar-refractivity contribution in [1.82, 2.24) is 9.55 Å². The van der Waals surface area contributed by atoms with Gasteiger partial charge in [-0.2, -0.15) is 5.26 Å². The van der Waals surface area contributed by atoms with Gasteiger partial charge in [-0.15, -0.1) is 0 Å². The maximum atomic E-state index is 9.07. The van der Waals surface area contributed by atoms with E-state index in [1.807, 2.05) is 18.2 Å². The lowest BCUT2D eigenvalue weighted by Gasteiger charge is -2.23. The molecule has 0 radical (unpaired) electrons. The van der Waals surface area contributed by atoms with E-state index in [0.29, 0.717) is 17.4 Å². The number of hydrogen-bond acceptors (Lipinski definition) is 3. The molecule has 1 fully saturated rings. The van der Waals surface area contributed by atoms with E-state index in [9.17, 15) is 0 Å². The molecule has 4 heteroatoms. The molecule has 1 aromatic carbocycles. The van der Waals surface area contributed by atoms with E-state index >= 15 is 0 Å². The Balaban J connectivity index is 2.09. The number of aromatic nitrogens is 2. The van der Waals surface area contributed by atoms with Crippen LogP contribution in [0.4, 0.5) is 0 Å². The first-order valence-corrected chi connectivity index (χ1v) is 7.67. The summed E-state index contributed by atoms with van der Waals surface area (Å²) in [7, 11) is 0. The Labute approximate surface area is 125 Å². The first kappa shape index (κ1) is 14.1. The van der Waals surface area contributed by atoms with Crippen molar-refractivity contribution in [3.63, 3.8) is 0 Å². The van der Waals surface area contributed by atoms with Crippen molar-refractivity contribution in [1.29, 1.82) is 5.26 Å². The van der Waals surface area contributed by atoms with Crippen LogP contribution in [0.3, 0.4) is 0 Å². The minimum absolute atomic E-state index is 0.468. The number of fused-ring (bicyclic) bond motifs is 1. The molecule has 110 valence electrons. The number of ether oxygens (including phenoxy) is 1. The van der Waals surface area contributed by atoms with Gasteiger partial charge in [0.15, 0.2) is 0 Å². The second-order valence-corrected chi connectivity index (χ2v) is 6.18. The van der Waals surface area contributed by atoms with Gasteiger partial charge in [0.25, 0.3) is 0 Å². The van der Waals surface area contributed by atoms with Gasteiger partial charge in [-0.05, 0) is 37.0 Å². The van der Waals surface area contributed by atoms with Crippen molar-refractivity contribution in [2.45, 2.75) is 39.2 Å². The molecular formula is C17H21N3O. The standard InChI is InChI=1S/C17H21N3O/c1-12(2)11-20-16-4-3-13(10-18)9-15(16)19-17(20)14-5-7-21-8-6-14/h3-4,9,12,14H,5-8,11H2,1-2H3. The third kappa shape index (κ3) is 2.79. The van der Waals surface area contributed by atoms with Crippen LogP contribution in [0.15, 0.2) is 18.2 Å². The van der Waals surface area contributed by atoms with E-state index in [1.165, 1.54) is 0 Å². The van der Waals surface area contributed by atoms with Crippen LogP contribution in [0.25, 0.3) is 11.0 Å². The van der Waals surface area contributed by atoms with Gasteiger partial charge in [0, 0.05) is 25.7 Å². The van der Waals surface area contributed by atoms with Crippen LogP contribution < -0.4 is 0 Å². The fraction of sp³-hybridized carbons (Fsp3) is 0.529. The molecule has 1 aliphatic rings. The first-order valence-electron chi connectivity index (χ1n) is 7.67. The molecule has 2 aromatic rings. The monoisotopic (exact) mass is 283 g/mol. The van der Waals surface area contributed by atoms with Crippen molar-refractivity contribution in [3.05, 3.63) is 29.6 Å². The molecule has 21 heavy (non-hydrogen) atoms. The summed E-state index contributed by atoms with van der Waals surface area (Å²) in [6.07, 6.45) is 2.07. The third-order valence-electron chi connectivity index (χ3n) is 4.04. The van der Waals surface area contributed by atoms with Gasteiger partial charge in [-0.1, -0.05) is 13.8 Å². The molecule has 3 rings (SSSR count). The van der Waals surface area contributed by atoms with E-state index in [4.69, 9.17) is 15.0 Å².